The van der Waals surface area contributed by atoms with Crippen molar-refractivity contribution in [2.45, 2.75) is 19.9 Å². The number of aryl methyl sites for hydroxylation is 1. The highest BCUT2D eigenvalue weighted by Crippen LogP contribution is 2.34. The van der Waals surface area contributed by atoms with Crippen molar-refractivity contribution in [2.24, 2.45) is 0 Å². The van der Waals surface area contributed by atoms with Crippen LogP contribution in [0.25, 0.3) is 21.2 Å². The number of rotatable bonds is 6. The van der Waals surface area contributed by atoms with Crippen molar-refractivity contribution in [3.63, 3.8) is 0 Å². The third kappa shape index (κ3) is 3.71. The Bertz CT molecular complexity index is 1410. The minimum absolute atomic E-state index is 0.238. The summed E-state index contributed by atoms with van der Waals surface area (Å²) in [5.74, 6) is 0.566. The van der Waals surface area contributed by atoms with Gasteiger partial charge in [-0.3, -0.25) is 14.7 Å². The Morgan fingerprint density at radius 1 is 1.12 bits per heavy atom. The van der Waals surface area contributed by atoms with Crippen molar-refractivity contribution in [1.29, 1.82) is 0 Å². The second kappa shape index (κ2) is 8.43. The first kappa shape index (κ1) is 20.2. The van der Waals surface area contributed by atoms with E-state index in [4.69, 9.17) is 14.1 Å². The molecular formula is C25H21N3O3S. The lowest BCUT2D eigenvalue weighted by molar-refractivity contribution is 0.0960. The van der Waals surface area contributed by atoms with E-state index in [1.54, 1.807) is 30.5 Å². The molecule has 0 N–H and O–H groups in total. The van der Waals surface area contributed by atoms with Gasteiger partial charge in [0.15, 0.2) is 22.2 Å². The quantitative estimate of drug-likeness (QED) is 0.329. The van der Waals surface area contributed by atoms with Crippen molar-refractivity contribution in [3.8, 4) is 5.75 Å². The van der Waals surface area contributed by atoms with Crippen LogP contribution in [0.1, 0.15) is 28.6 Å². The SMILES string of the molecule is CCc1ccc2nc(N(Cc3cccnc3)C(=O)c3cc4cccc(OC)c4o3)sc2c1. The zero-order valence-corrected chi connectivity index (χ0v) is 18.6. The molecule has 160 valence electrons. The fraction of sp³-hybridized carbons (Fsp3) is 0.160. The first-order valence-electron chi connectivity index (χ1n) is 10.3. The molecule has 0 aliphatic rings. The van der Waals surface area contributed by atoms with Gasteiger partial charge in [-0.1, -0.05) is 42.5 Å². The number of ether oxygens (including phenoxy) is 1. The summed E-state index contributed by atoms with van der Waals surface area (Å²) >= 11 is 1.50. The van der Waals surface area contributed by atoms with E-state index in [2.05, 4.69) is 24.0 Å². The van der Waals surface area contributed by atoms with Crippen LogP contribution in [0.4, 0.5) is 5.13 Å². The van der Waals surface area contributed by atoms with Gasteiger partial charge in [0.1, 0.15) is 0 Å². The molecule has 0 spiro atoms. The number of amides is 1. The Balaban J connectivity index is 1.59. The number of anilines is 1. The molecule has 5 rings (SSSR count). The standard InChI is InChI=1S/C25H21N3O3S/c1-3-16-9-10-19-22(12-16)32-25(27-19)28(15-17-6-5-11-26-14-17)24(29)21-13-18-7-4-8-20(30-2)23(18)31-21/h4-14H,3,15H2,1-2H3. The summed E-state index contributed by atoms with van der Waals surface area (Å²) in [5, 5.41) is 1.43. The summed E-state index contributed by atoms with van der Waals surface area (Å²) in [6.45, 7) is 2.46. The predicted molar refractivity (Wildman–Crippen MR) is 127 cm³/mol. The number of hydrogen-bond acceptors (Lipinski definition) is 6. The molecule has 0 saturated heterocycles. The van der Waals surface area contributed by atoms with E-state index in [0.717, 1.165) is 27.6 Å². The largest absolute Gasteiger partial charge is 0.493 e. The third-order valence-corrected chi connectivity index (χ3v) is 6.37. The number of carbonyl (C=O) groups excluding carboxylic acids is 1. The number of hydrogen-bond donors (Lipinski definition) is 0. The van der Waals surface area contributed by atoms with Gasteiger partial charge in [-0.15, -0.1) is 0 Å². The number of para-hydroxylation sites is 1. The van der Waals surface area contributed by atoms with E-state index in [1.165, 1.54) is 16.9 Å². The van der Waals surface area contributed by atoms with E-state index in [0.29, 0.717) is 23.0 Å². The molecule has 5 aromatic rings. The van der Waals surface area contributed by atoms with Crippen molar-refractivity contribution >= 4 is 43.6 Å². The van der Waals surface area contributed by atoms with Gasteiger partial charge in [-0.05, 0) is 47.9 Å². The molecule has 2 aromatic carbocycles. The highest BCUT2D eigenvalue weighted by molar-refractivity contribution is 7.22. The molecule has 0 radical (unpaired) electrons. The van der Waals surface area contributed by atoms with Crippen LogP contribution in [0.2, 0.25) is 0 Å². The van der Waals surface area contributed by atoms with Gasteiger partial charge in [-0.2, -0.15) is 0 Å². The topological polar surface area (TPSA) is 68.5 Å². The molecule has 0 unspecified atom stereocenters. The lowest BCUT2D eigenvalue weighted by Gasteiger charge is -2.18. The van der Waals surface area contributed by atoms with Crippen molar-refractivity contribution in [1.82, 2.24) is 9.97 Å². The Labute approximate surface area is 189 Å². The maximum absolute atomic E-state index is 13.7. The molecule has 6 nitrogen and oxygen atoms in total. The monoisotopic (exact) mass is 443 g/mol. The number of fused-ring (bicyclic) bond motifs is 2. The number of benzene rings is 2. The zero-order chi connectivity index (χ0) is 22.1. The van der Waals surface area contributed by atoms with Crippen LogP contribution in [0.5, 0.6) is 5.75 Å². The highest BCUT2D eigenvalue weighted by atomic mass is 32.1. The molecule has 0 saturated carbocycles. The van der Waals surface area contributed by atoms with Crippen LogP contribution in [-0.2, 0) is 13.0 Å². The number of carbonyl (C=O) groups is 1. The number of furan rings is 1. The van der Waals surface area contributed by atoms with E-state index in [-0.39, 0.29) is 11.7 Å². The average molecular weight is 444 g/mol. The van der Waals surface area contributed by atoms with Gasteiger partial charge in [0.25, 0.3) is 5.91 Å². The summed E-state index contributed by atoms with van der Waals surface area (Å²) in [6, 6.07) is 17.3. The normalized spacial score (nSPS) is 11.2. The summed E-state index contributed by atoms with van der Waals surface area (Å²) in [7, 11) is 1.58. The first-order valence-corrected chi connectivity index (χ1v) is 11.1. The molecule has 0 fully saturated rings. The number of thiazole rings is 1. The first-order chi connectivity index (χ1) is 15.7. The zero-order valence-electron chi connectivity index (χ0n) is 17.7. The maximum Gasteiger partial charge on any atom is 0.296 e. The minimum atomic E-state index is -0.262. The Morgan fingerprint density at radius 3 is 2.81 bits per heavy atom. The minimum Gasteiger partial charge on any atom is -0.493 e. The van der Waals surface area contributed by atoms with Crippen LogP contribution in [0.3, 0.4) is 0 Å². The number of pyridine rings is 1. The van der Waals surface area contributed by atoms with E-state index < -0.39 is 0 Å². The van der Waals surface area contributed by atoms with Gasteiger partial charge in [0.2, 0.25) is 0 Å². The lowest BCUT2D eigenvalue weighted by Crippen LogP contribution is -2.30. The van der Waals surface area contributed by atoms with Crippen LogP contribution in [0.15, 0.2) is 71.4 Å². The van der Waals surface area contributed by atoms with Gasteiger partial charge < -0.3 is 9.15 Å². The highest BCUT2D eigenvalue weighted by Gasteiger charge is 2.25. The van der Waals surface area contributed by atoms with Gasteiger partial charge in [0, 0.05) is 17.8 Å². The third-order valence-electron chi connectivity index (χ3n) is 5.33. The lowest BCUT2D eigenvalue weighted by atomic mass is 10.2. The van der Waals surface area contributed by atoms with E-state index >= 15 is 0 Å². The molecule has 32 heavy (non-hydrogen) atoms. The van der Waals surface area contributed by atoms with Gasteiger partial charge in [-0.25, -0.2) is 4.98 Å². The number of aromatic nitrogens is 2. The number of nitrogens with zero attached hydrogens (tertiary/aromatic N) is 3. The van der Waals surface area contributed by atoms with Crippen LogP contribution < -0.4 is 9.64 Å². The fourth-order valence-corrected chi connectivity index (χ4v) is 4.66. The van der Waals surface area contributed by atoms with E-state index in [1.807, 2.05) is 36.4 Å². The molecule has 1 amide bonds. The molecule has 0 aliphatic carbocycles. The fourth-order valence-electron chi connectivity index (χ4n) is 3.63. The Kier molecular flexibility index (Phi) is 5.33. The average Bonchev–Trinajstić information content (AvgIpc) is 3.46. The predicted octanol–water partition coefficient (Wildman–Crippen LogP) is 5.86. The molecule has 3 heterocycles. The number of methoxy groups -OCH3 is 1. The summed E-state index contributed by atoms with van der Waals surface area (Å²) < 4.78 is 12.4. The van der Waals surface area contributed by atoms with Crippen LogP contribution >= 0.6 is 11.3 Å². The summed E-state index contributed by atoms with van der Waals surface area (Å²) in [4.78, 5) is 24.3. The maximum atomic E-state index is 13.7. The smallest absolute Gasteiger partial charge is 0.296 e. The van der Waals surface area contributed by atoms with E-state index in [9.17, 15) is 4.79 Å². The summed E-state index contributed by atoms with van der Waals surface area (Å²) in [5.41, 5.74) is 3.57. The summed E-state index contributed by atoms with van der Waals surface area (Å²) in [6.07, 6.45) is 4.41. The second-order valence-corrected chi connectivity index (χ2v) is 8.40. The van der Waals surface area contributed by atoms with Crippen molar-refractivity contribution in [2.75, 3.05) is 12.0 Å². The molecule has 3 aromatic heterocycles. The van der Waals surface area contributed by atoms with Gasteiger partial charge in [0.05, 0.1) is 23.9 Å². The molecule has 7 heteroatoms. The molecule has 0 atom stereocenters. The van der Waals surface area contributed by atoms with Crippen LogP contribution in [0, 0.1) is 0 Å². The van der Waals surface area contributed by atoms with Crippen molar-refractivity contribution < 1.29 is 13.9 Å². The van der Waals surface area contributed by atoms with Crippen molar-refractivity contribution in [3.05, 3.63) is 83.9 Å². The second-order valence-electron chi connectivity index (χ2n) is 7.39. The Morgan fingerprint density at radius 2 is 2.03 bits per heavy atom. The Hall–Kier alpha value is -3.71. The van der Waals surface area contributed by atoms with Crippen LogP contribution in [-0.4, -0.2) is 23.0 Å². The molecular weight excluding hydrogens is 422 g/mol. The molecule has 0 aliphatic heterocycles. The van der Waals surface area contributed by atoms with Gasteiger partial charge >= 0.3 is 0 Å². The molecule has 0 bridgehead atoms.